The molecule has 5 heteroatoms. The molecule has 1 aromatic carbocycles. The number of carbonyl (C=O) groups is 1. The summed E-state index contributed by atoms with van der Waals surface area (Å²) in [5.41, 5.74) is 0.891. The lowest BCUT2D eigenvalue weighted by atomic mass is 10.3. The monoisotopic (exact) mass is 301 g/mol. The van der Waals surface area contributed by atoms with Crippen molar-refractivity contribution in [2.75, 3.05) is 17.2 Å². The van der Waals surface area contributed by atoms with Crippen molar-refractivity contribution in [3.05, 3.63) is 55.4 Å². The number of aryl methyl sites for hydroxylation is 1. The zero-order valence-electron chi connectivity index (χ0n) is 12.1. The first-order chi connectivity index (χ1) is 10.3. The Kier molecular flexibility index (Phi) is 5.63. The molecule has 0 atom stereocenters. The molecule has 2 aromatic rings. The van der Waals surface area contributed by atoms with Crippen LogP contribution in [-0.4, -0.2) is 27.8 Å². The highest BCUT2D eigenvalue weighted by Crippen LogP contribution is 2.19. The van der Waals surface area contributed by atoms with Crippen molar-refractivity contribution < 1.29 is 4.79 Å². The minimum atomic E-state index is 0.0525. The summed E-state index contributed by atoms with van der Waals surface area (Å²) in [4.78, 5) is 18.5. The molecule has 0 aliphatic heterocycles. The van der Waals surface area contributed by atoms with Crippen molar-refractivity contribution in [2.24, 2.45) is 0 Å². The fourth-order valence-electron chi connectivity index (χ4n) is 1.97. The maximum atomic E-state index is 12.4. The summed E-state index contributed by atoms with van der Waals surface area (Å²) in [5.74, 6) is 0.413. The van der Waals surface area contributed by atoms with E-state index in [9.17, 15) is 4.79 Å². The molecule has 21 heavy (non-hydrogen) atoms. The van der Waals surface area contributed by atoms with Gasteiger partial charge in [0.25, 0.3) is 0 Å². The Balaban J connectivity index is 2.04. The summed E-state index contributed by atoms with van der Waals surface area (Å²) in [6.45, 7) is 7.14. The molecule has 1 amide bonds. The molecule has 0 unspecified atom stereocenters. The minimum absolute atomic E-state index is 0.0525. The summed E-state index contributed by atoms with van der Waals surface area (Å²) in [5, 5.41) is 0.873. The van der Waals surface area contributed by atoms with Crippen LogP contribution in [0.1, 0.15) is 6.92 Å². The second kappa shape index (κ2) is 7.69. The number of amides is 1. The first kappa shape index (κ1) is 15.4. The molecule has 0 aliphatic rings. The van der Waals surface area contributed by atoms with Gasteiger partial charge in [-0.2, -0.15) is 0 Å². The van der Waals surface area contributed by atoms with E-state index in [0.29, 0.717) is 12.3 Å². The topological polar surface area (TPSA) is 38.1 Å². The number of hydrogen-bond donors (Lipinski definition) is 0. The highest BCUT2D eigenvalue weighted by molar-refractivity contribution is 7.99. The summed E-state index contributed by atoms with van der Waals surface area (Å²) in [6.07, 6.45) is 5.42. The van der Waals surface area contributed by atoms with Crippen LogP contribution in [0.25, 0.3) is 0 Å². The van der Waals surface area contributed by atoms with Gasteiger partial charge in [-0.3, -0.25) is 4.79 Å². The molecule has 0 N–H and O–H groups in total. The summed E-state index contributed by atoms with van der Waals surface area (Å²) >= 11 is 1.46. The molecule has 0 aliphatic carbocycles. The molecule has 0 bridgehead atoms. The largest absolute Gasteiger partial charge is 0.326 e. The van der Waals surface area contributed by atoms with E-state index in [0.717, 1.165) is 17.4 Å². The van der Waals surface area contributed by atoms with Gasteiger partial charge in [0.15, 0.2) is 5.16 Å². The number of para-hydroxylation sites is 1. The Labute approximate surface area is 129 Å². The molecule has 0 saturated heterocycles. The van der Waals surface area contributed by atoms with Crippen LogP contribution in [0.2, 0.25) is 0 Å². The van der Waals surface area contributed by atoms with Crippen LogP contribution in [-0.2, 0) is 11.3 Å². The third-order valence-electron chi connectivity index (χ3n) is 3.02. The van der Waals surface area contributed by atoms with Crippen LogP contribution < -0.4 is 4.90 Å². The maximum absolute atomic E-state index is 12.4. The van der Waals surface area contributed by atoms with Gasteiger partial charge < -0.3 is 9.47 Å². The minimum Gasteiger partial charge on any atom is -0.326 e. The Bertz CT molecular complexity index is 595. The SMILES string of the molecule is C=CCN(C(=O)CSc1nccn1CC)c1ccccc1. The highest BCUT2D eigenvalue weighted by atomic mass is 32.2. The number of nitrogens with zero attached hydrogens (tertiary/aromatic N) is 3. The van der Waals surface area contributed by atoms with Gasteiger partial charge in [-0.15, -0.1) is 6.58 Å². The predicted molar refractivity (Wildman–Crippen MR) is 87.6 cm³/mol. The lowest BCUT2D eigenvalue weighted by molar-refractivity contribution is -0.116. The summed E-state index contributed by atoms with van der Waals surface area (Å²) in [7, 11) is 0. The number of anilines is 1. The second-order valence-corrected chi connectivity index (χ2v) is 5.36. The Morgan fingerprint density at radius 2 is 2.19 bits per heavy atom. The van der Waals surface area contributed by atoms with Gasteiger partial charge in [-0.1, -0.05) is 36.0 Å². The van der Waals surface area contributed by atoms with Crippen LogP contribution in [0.3, 0.4) is 0 Å². The van der Waals surface area contributed by atoms with Crippen molar-refractivity contribution in [2.45, 2.75) is 18.6 Å². The van der Waals surface area contributed by atoms with Gasteiger partial charge in [0.1, 0.15) is 0 Å². The summed E-state index contributed by atoms with van der Waals surface area (Å²) in [6, 6.07) is 9.65. The fraction of sp³-hybridized carbons (Fsp3) is 0.250. The number of rotatable bonds is 7. The summed E-state index contributed by atoms with van der Waals surface area (Å²) < 4.78 is 2.03. The standard InChI is InChI=1S/C16H19N3OS/c1-3-11-19(14-8-6-5-7-9-14)15(20)13-21-16-17-10-12-18(16)4-2/h3,5-10,12H,1,4,11,13H2,2H3. The van der Waals surface area contributed by atoms with E-state index >= 15 is 0 Å². The van der Waals surface area contributed by atoms with Crippen molar-refractivity contribution in [3.8, 4) is 0 Å². The molecular formula is C16H19N3OS. The van der Waals surface area contributed by atoms with E-state index in [1.165, 1.54) is 11.8 Å². The molecule has 2 rings (SSSR count). The van der Waals surface area contributed by atoms with Crippen molar-refractivity contribution in [1.82, 2.24) is 9.55 Å². The second-order valence-electron chi connectivity index (χ2n) is 4.41. The van der Waals surface area contributed by atoms with Gasteiger partial charge in [0, 0.05) is 31.2 Å². The third kappa shape index (κ3) is 3.98. The van der Waals surface area contributed by atoms with Gasteiger partial charge in [-0.05, 0) is 19.1 Å². The van der Waals surface area contributed by atoms with E-state index in [-0.39, 0.29) is 5.91 Å². The van der Waals surface area contributed by atoms with Gasteiger partial charge in [0.2, 0.25) is 5.91 Å². The Morgan fingerprint density at radius 3 is 2.86 bits per heavy atom. The van der Waals surface area contributed by atoms with Crippen LogP contribution >= 0.6 is 11.8 Å². The van der Waals surface area contributed by atoms with Gasteiger partial charge in [0.05, 0.1) is 5.75 Å². The molecular weight excluding hydrogens is 282 g/mol. The van der Waals surface area contributed by atoms with E-state index in [1.807, 2.05) is 41.1 Å². The van der Waals surface area contributed by atoms with Crippen LogP contribution in [0.4, 0.5) is 5.69 Å². The highest BCUT2D eigenvalue weighted by Gasteiger charge is 2.15. The number of imidazole rings is 1. The quantitative estimate of drug-likeness (QED) is 0.582. The number of carbonyl (C=O) groups excluding carboxylic acids is 1. The molecule has 0 radical (unpaired) electrons. The Hall–Kier alpha value is -2.01. The normalized spacial score (nSPS) is 10.3. The maximum Gasteiger partial charge on any atom is 0.237 e. The van der Waals surface area contributed by atoms with E-state index in [1.54, 1.807) is 17.2 Å². The molecule has 4 nitrogen and oxygen atoms in total. The Morgan fingerprint density at radius 1 is 1.43 bits per heavy atom. The number of benzene rings is 1. The van der Waals surface area contributed by atoms with Crippen LogP contribution in [0.15, 0.2) is 60.5 Å². The molecule has 0 spiro atoms. The van der Waals surface area contributed by atoms with E-state index < -0.39 is 0 Å². The van der Waals surface area contributed by atoms with Gasteiger partial charge in [-0.25, -0.2) is 4.98 Å². The molecule has 110 valence electrons. The lowest BCUT2D eigenvalue weighted by Gasteiger charge is -2.21. The van der Waals surface area contributed by atoms with E-state index in [2.05, 4.69) is 18.5 Å². The lowest BCUT2D eigenvalue weighted by Crippen LogP contribution is -2.32. The fourth-order valence-corrected chi connectivity index (χ4v) is 2.87. The number of hydrogen-bond acceptors (Lipinski definition) is 3. The van der Waals surface area contributed by atoms with Gasteiger partial charge >= 0.3 is 0 Å². The molecule has 0 fully saturated rings. The number of aromatic nitrogens is 2. The zero-order valence-corrected chi connectivity index (χ0v) is 12.9. The molecule has 1 heterocycles. The predicted octanol–water partition coefficient (Wildman–Crippen LogP) is 3.21. The van der Waals surface area contributed by atoms with E-state index in [4.69, 9.17) is 0 Å². The van der Waals surface area contributed by atoms with Crippen molar-refractivity contribution in [1.29, 1.82) is 0 Å². The van der Waals surface area contributed by atoms with Crippen LogP contribution in [0.5, 0.6) is 0 Å². The number of thioether (sulfide) groups is 1. The molecule has 0 saturated carbocycles. The van der Waals surface area contributed by atoms with Crippen molar-refractivity contribution >= 4 is 23.4 Å². The first-order valence-corrected chi connectivity index (χ1v) is 7.85. The zero-order chi connectivity index (χ0) is 15.1. The van der Waals surface area contributed by atoms with Crippen LogP contribution in [0, 0.1) is 0 Å². The first-order valence-electron chi connectivity index (χ1n) is 6.86. The third-order valence-corrected chi connectivity index (χ3v) is 4.01. The average molecular weight is 301 g/mol. The smallest absolute Gasteiger partial charge is 0.237 e. The van der Waals surface area contributed by atoms with Crippen molar-refractivity contribution in [3.63, 3.8) is 0 Å². The average Bonchev–Trinajstić information content (AvgIpc) is 2.98. The molecule has 1 aromatic heterocycles.